The quantitative estimate of drug-likeness (QED) is 0.862. The predicted molar refractivity (Wildman–Crippen MR) is 87.7 cm³/mol. The highest BCUT2D eigenvalue weighted by Crippen LogP contribution is 2.40. The Balaban J connectivity index is 1.44. The second kappa shape index (κ2) is 5.46. The van der Waals surface area contributed by atoms with Gasteiger partial charge in [0.15, 0.2) is 0 Å². The lowest BCUT2D eigenvalue weighted by atomic mass is 10.2. The summed E-state index contributed by atoms with van der Waals surface area (Å²) in [6, 6.07) is 2.50. The number of hydrogen-bond acceptors (Lipinski definition) is 7. The lowest BCUT2D eigenvalue weighted by Crippen LogP contribution is -2.35. The first-order valence-corrected chi connectivity index (χ1v) is 8.58. The molecule has 2 aliphatic rings. The third-order valence-corrected chi connectivity index (χ3v) is 5.30. The van der Waals surface area contributed by atoms with Crippen molar-refractivity contribution in [3.05, 3.63) is 23.9 Å². The monoisotopic (exact) mass is 316 g/mol. The van der Waals surface area contributed by atoms with Crippen LogP contribution in [-0.2, 0) is 0 Å². The number of aryl methyl sites for hydroxylation is 1. The summed E-state index contributed by atoms with van der Waals surface area (Å²) < 4.78 is 4.52. The molecule has 0 spiro atoms. The number of aromatic nitrogens is 4. The molecular weight excluding hydrogens is 296 g/mol. The maximum Gasteiger partial charge on any atom is 0.205 e. The van der Waals surface area contributed by atoms with Crippen molar-refractivity contribution in [2.45, 2.75) is 38.1 Å². The van der Waals surface area contributed by atoms with Gasteiger partial charge in [-0.05, 0) is 26.2 Å². The highest BCUT2D eigenvalue weighted by atomic mass is 32.1. The molecule has 2 aromatic heterocycles. The Hall–Kier alpha value is -1.76. The fourth-order valence-electron chi connectivity index (χ4n) is 2.91. The van der Waals surface area contributed by atoms with Crippen molar-refractivity contribution in [3.63, 3.8) is 0 Å². The van der Waals surface area contributed by atoms with Crippen molar-refractivity contribution in [2.75, 3.05) is 29.9 Å². The summed E-state index contributed by atoms with van der Waals surface area (Å²) in [6.07, 6.45) is 5.28. The lowest BCUT2D eigenvalue weighted by molar-refractivity contribution is 0.682. The Bertz CT molecular complexity index is 668. The van der Waals surface area contributed by atoms with Crippen LogP contribution < -0.4 is 9.80 Å². The molecule has 0 amide bonds. The Labute approximate surface area is 134 Å². The van der Waals surface area contributed by atoms with Gasteiger partial charge in [0.1, 0.15) is 18.0 Å². The fraction of sp³-hybridized carbons (Fsp3) is 0.600. The van der Waals surface area contributed by atoms with Gasteiger partial charge in [0, 0.05) is 55.4 Å². The third-order valence-electron chi connectivity index (χ3n) is 4.51. The van der Waals surface area contributed by atoms with Crippen molar-refractivity contribution in [2.24, 2.45) is 0 Å². The van der Waals surface area contributed by atoms with Gasteiger partial charge in [0.25, 0.3) is 0 Å². The van der Waals surface area contributed by atoms with Gasteiger partial charge in [-0.15, -0.1) is 0 Å². The summed E-state index contributed by atoms with van der Waals surface area (Å²) in [5.74, 6) is 2.69. The van der Waals surface area contributed by atoms with Gasteiger partial charge in [0.2, 0.25) is 5.13 Å². The van der Waals surface area contributed by atoms with Gasteiger partial charge in [-0.25, -0.2) is 15.0 Å². The molecule has 6 nitrogen and oxygen atoms in total. The van der Waals surface area contributed by atoms with Crippen LogP contribution in [0.3, 0.4) is 0 Å². The van der Waals surface area contributed by atoms with Crippen LogP contribution in [0.1, 0.15) is 36.7 Å². The average molecular weight is 316 g/mol. The Morgan fingerprint density at radius 2 is 2.14 bits per heavy atom. The molecule has 0 bridgehead atoms. The molecule has 2 aromatic rings. The first kappa shape index (κ1) is 13.9. The minimum absolute atomic E-state index is 0.461. The second-order valence-electron chi connectivity index (χ2n) is 6.23. The van der Waals surface area contributed by atoms with Crippen LogP contribution in [0.2, 0.25) is 0 Å². The highest BCUT2D eigenvalue weighted by molar-refractivity contribution is 7.09. The van der Waals surface area contributed by atoms with Crippen LogP contribution in [-0.4, -0.2) is 45.5 Å². The van der Waals surface area contributed by atoms with Gasteiger partial charge < -0.3 is 9.80 Å². The zero-order valence-electron chi connectivity index (χ0n) is 12.9. The molecule has 4 rings (SSSR count). The standard InChI is InChI=1S/C15H20N6S/c1-10-7-13(17-9-16-10)20(2)12-5-6-21(8-12)15-18-14(19-22-15)11-3-4-11/h7,9,11-12H,3-6,8H2,1-2H3. The summed E-state index contributed by atoms with van der Waals surface area (Å²) in [5, 5.41) is 1.08. The van der Waals surface area contributed by atoms with Crippen LogP contribution in [0.4, 0.5) is 10.9 Å². The molecule has 116 valence electrons. The van der Waals surface area contributed by atoms with E-state index >= 15 is 0 Å². The van der Waals surface area contributed by atoms with E-state index in [2.05, 4.69) is 31.2 Å². The first-order valence-electron chi connectivity index (χ1n) is 7.81. The number of likely N-dealkylation sites (N-methyl/N-ethyl adjacent to an activating group) is 1. The molecule has 0 N–H and O–H groups in total. The van der Waals surface area contributed by atoms with E-state index in [9.17, 15) is 0 Å². The molecule has 1 aliphatic carbocycles. The second-order valence-corrected chi connectivity index (χ2v) is 6.96. The van der Waals surface area contributed by atoms with E-state index in [-0.39, 0.29) is 0 Å². The molecule has 3 heterocycles. The Kier molecular flexibility index (Phi) is 3.44. The molecule has 7 heteroatoms. The van der Waals surface area contributed by atoms with Crippen LogP contribution in [0, 0.1) is 6.92 Å². The van der Waals surface area contributed by atoms with Crippen molar-refractivity contribution >= 4 is 22.5 Å². The number of anilines is 2. The van der Waals surface area contributed by atoms with Gasteiger partial charge >= 0.3 is 0 Å². The van der Waals surface area contributed by atoms with Crippen molar-refractivity contribution in [3.8, 4) is 0 Å². The molecule has 1 aliphatic heterocycles. The molecule has 22 heavy (non-hydrogen) atoms. The maximum absolute atomic E-state index is 4.72. The lowest BCUT2D eigenvalue weighted by Gasteiger charge is -2.25. The smallest absolute Gasteiger partial charge is 0.205 e. The summed E-state index contributed by atoms with van der Waals surface area (Å²) >= 11 is 1.55. The molecule has 1 unspecified atom stereocenters. The summed E-state index contributed by atoms with van der Waals surface area (Å²) in [4.78, 5) is 17.9. The van der Waals surface area contributed by atoms with E-state index in [0.29, 0.717) is 12.0 Å². The van der Waals surface area contributed by atoms with E-state index in [1.807, 2.05) is 13.0 Å². The van der Waals surface area contributed by atoms with Crippen LogP contribution in [0.25, 0.3) is 0 Å². The molecule has 0 aromatic carbocycles. The number of nitrogens with zero attached hydrogens (tertiary/aromatic N) is 6. The van der Waals surface area contributed by atoms with E-state index in [1.165, 1.54) is 12.8 Å². The van der Waals surface area contributed by atoms with Crippen molar-refractivity contribution in [1.82, 2.24) is 19.3 Å². The minimum Gasteiger partial charge on any atom is -0.355 e. The molecule has 1 atom stereocenters. The minimum atomic E-state index is 0.461. The first-order chi connectivity index (χ1) is 10.7. The predicted octanol–water partition coefficient (Wildman–Crippen LogP) is 2.23. The zero-order chi connectivity index (χ0) is 15.1. The topological polar surface area (TPSA) is 58.0 Å². The SMILES string of the molecule is Cc1cc(N(C)C2CCN(c3nc(C4CC4)ns3)C2)ncn1. The van der Waals surface area contributed by atoms with E-state index < -0.39 is 0 Å². The molecule has 0 radical (unpaired) electrons. The Morgan fingerprint density at radius 3 is 2.91 bits per heavy atom. The van der Waals surface area contributed by atoms with Gasteiger partial charge in [-0.1, -0.05) is 0 Å². The van der Waals surface area contributed by atoms with Crippen molar-refractivity contribution < 1.29 is 0 Å². The number of rotatable bonds is 4. The number of hydrogen-bond donors (Lipinski definition) is 0. The molecule has 1 saturated heterocycles. The summed E-state index contributed by atoms with van der Waals surface area (Å²) in [5.41, 5.74) is 1.00. The molecule has 1 saturated carbocycles. The van der Waals surface area contributed by atoms with E-state index in [0.717, 1.165) is 42.0 Å². The van der Waals surface area contributed by atoms with Crippen molar-refractivity contribution in [1.29, 1.82) is 0 Å². The third kappa shape index (κ3) is 2.65. The van der Waals surface area contributed by atoms with Gasteiger partial charge in [0.05, 0.1) is 0 Å². The molecule has 2 fully saturated rings. The average Bonchev–Trinajstić information content (AvgIpc) is 3.06. The van der Waals surface area contributed by atoms with Gasteiger partial charge in [-0.2, -0.15) is 4.37 Å². The van der Waals surface area contributed by atoms with Crippen LogP contribution in [0.5, 0.6) is 0 Å². The zero-order valence-corrected chi connectivity index (χ0v) is 13.8. The highest BCUT2D eigenvalue weighted by Gasteiger charge is 2.31. The normalized spacial score (nSPS) is 21.4. The fourth-order valence-corrected chi connectivity index (χ4v) is 3.70. The summed E-state index contributed by atoms with van der Waals surface area (Å²) in [7, 11) is 2.12. The molecular formula is C15H20N6S. The van der Waals surface area contributed by atoms with E-state index in [1.54, 1.807) is 17.9 Å². The van der Waals surface area contributed by atoms with Crippen LogP contribution in [0.15, 0.2) is 12.4 Å². The summed E-state index contributed by atoms with van der Waals surface area (Å²) in [6.45, 7) is 4.03. The largest absolute Gasteiger partial charge is 0.355 e. The Morgan fingerprint density at radius 1 is 1.27 bits per heavy atom. The van der Waals surface area contributed by atoms with E-state index in [4.69, 9.17) is 4.98 Å². The van der Waals surface area contributed by atoms with Gasteiger partial charge in [-0.3, -0.25) is 0 Å². The maximum atomic E-state index is 4.72. The van der Waals surface area contributed by atoms with Crippen LogP contribution >= 0.6 is 11.5 Å².